The molecule has 1 aromatic carbocycles. The molecular weight excluding hydrogens is 292 g/mol. The van der Waals surface area contributed by atoms with E-state index in [2.05, 4.69) is 20.7 Å². The molecule has 0 fully saturated rings. The molecule has 8 heteroatoms. The van der Waals surface area contributed by atoms with Crippen molar-refractivity contribution in [2.75, 3.05) is 6.54 Å². The van der Waals surface area contributed by atoms with Crippen LogP contribution in [0, 0.1) is 0 Å². The van der Waals surface area contributed by atoms with Gasteiger partial charge in [0.05, 0.1) is 0 Å². The summed E-state index contributed by atoms with van der Waals surface area (Å²) in [7, 11) is 0. The second kappa shape index (κ2) is 7.14. The zero-order valence-electron chi connectivity index (χ0n) is 12.0. The Morgan fingerprint density at radius 1 is 1.33 bits per heavy atom. The molecule has 21 heavy (non-hydrogen) atoms. The molecule has 1 heterocycles. The monoisotopic (exact) mass is 310 g/mol. The Kier molecular flexibility index (Phi) is 5.80. The lowest BCUT2D eigenvalue weighted by atomic mass is 10.1. The first kappa shape index (κ1) is 17.1. The van der Waals surface area contributed by atoms with Crippen molar-refractivity contribution in [3.8, 4) is 11.4 Å². The first-order valence-electron chi connectivity index (χ1n) is 6.33. The van der Waals surface area contributed by atoms with Gasteiger partial charge >= 0.3 is 0 Å². The molecule has 0 spiro atoms. The molecule has 0 atom stereocenters. The van der Waals surface area contributed by atoms with Crippen molar-refractivity contribution in [1.82, 2.24) is 25.5 Å². The number of halogens is 1. The number of nitrogens with two attached hydrogens (primary N) is 1. The number of nitrogens with zero attached hydrogens (tertiary/aromatic N) is 4. The molecule has 0 aliphatic rings. The maximum atomic E-state index is 11.7. The highest BCUT2D eigenvalue weighted by atomic mass is 35.5. The van der Waals surface area contributed by atoms with Gasteiger partial charge in [-0.15, -0.1) is 22.6 Å². The third kappa shape index (κ3) is 5.49. The minimum atomic E-state index is -0.444. The predicted molar refractivity (Wildman–Crippen MR) is 81.8 cm³/mol. The van der Waals surface area contributed by atoms with Crippen LogP contribution in [0.4, 0.5) is 0 Å². The van der Waals surface area contributed by atoms with E-state index in [1.54, 1.807) is 0 Å². The normalized spacial score (nSPS) is 10.8. The molecule has 0 saturated heterocycles. The molecule has 0 aliphatic carbocycles. The maximum absolute atomic E-state index is 11.7. The fourth-order valence-corrected chi connectivity index (χ4v) is 1.52. The van der Waals surface area contributed by atoms with Gasteiger partial charge in [-0.2, -0.15) is 4.80 Å². The lowest BCUT2D eigenvalue weighted by Crippen LogP contribution is -2.46. The average molecular weight is 311 g/mol. The highest BCUT2D eigenvalue weighted by Crippen LogP contribution is 2.11. The van der Waals surface area contributed by atoms with Crippen molar-refractivity contribution in [2.24, 2.45) is 5.73 Å². The van der Waals surface area contributed by atoms with Crippen LogP contribution in [-0.2, 0) is 11.3 Å². The number of rotatable bonds is 5. The third-order valence-corrected chi connectivity index (χ3v) is 2.51. The number of aromatic nitrogens is 4. The first-order chi connectivity index (χ1) is 9.44. The minimum Gasteiger partial charge on any atom is -0.353 e. The van der Waals surface area contributed by atoms with E-state index in [0.717, 1.165) is 5.56 Å². The molecule has 0 aliphatic heterocycles. The SMILES string of the molecule is CC(C)(N)CNC(=O)Cn1nnc(-c2ccccc2)n1.Cl. The molecule has 1 aromatic heterocycles. The van der Waals surface area contributed by atoms with Gasteiger partial charge in [0.25, 0.3) is 0 Å². The molecule has 0 bridgehead atoms. The summed E-state index contributed by atoms with van der Waals surface area (Å²) < 4.78 is 0. The summed E-state index contributed by atoms with van der Waals surface area (Å²) >= 11 is 0. The number of carbonyl (C=O) groups is 1. The van der Waals surface area contributed by atoms with Crippen molar-refractivity contribution in [1.29, 1.82) is 0 Å². The number of hydrogen-bond acceptors (Lipinski definition) is 5. The van der Waals surface area contributed by atoms with Crippen LogP contribution in [0.15, 0.2) is 30.3 Å². The fourth-order valence-electron chi connectivity index (χ4n) is 1.52. The van der Waals surface area contributed by atoms with Gasteiger partial charge in [0.15, 0.2) is 0 Å². The molecule has 0 radical (unpaired) electrons. The molecule has 3 N–H and O–H groups in total. The zero-order valence-corrected chi connectivity index (χ0v) is 12.8. The Morgan fingerprint density at radius 2 is 2.00 bits per heavy atom. The van der Waals surface area contributed by atoms with Gasteiger partial charge in [0, 0.05) is 17.6 Å². The van der Waals surface area contributed by atoms with Gasteiger partial charge in [-0.25, -0.2) is 0 Å². The quantitative estimate of drug-likeness (QED) is 0.843. The van der Waals surface area contributed by atoms with Gasteiger partial charge in [-0.3, -0.25) is 4.79 Å². The molecule has 1 amide bonds. The van der Waals surface area contributed by atoms with Crippen LogP contribution in [0.1, 0.15) is 13.8 Å². The van der Waals surface area contributed by atoms with Crippen LogP contribution < -0.4 is 11.1 Å². The highest BCUT2D eigenvalue weighted by Gasteiger charge is 2.13. The summed E-state index contributed by atoms with van der Waals surface area (Å²) in [5, 5.41) is 14.7. The highest BCUT2D eigenvalue weighted by molar-refractivity contribution is 5.85. The molecule has 2 aromatic rings. The van der Waals surface area contributed by atoms with Gasteiger partial charge in [0.1, 0.15) is 6.54 Å². The van der Waals surface area contributed by atoms with E-state index in [9.17, 15) is 4.79 Å². The maximum Gasteiger partial charge on any atom is 0.243 e. The largest absolute Gasteiger partial charge is 0.353 e. The topological polar surface area (TPSA) is 98.7 Å². The summed E-state index contributed by atoms with van der Waals surface area (Å²) in [5.41, 5.74) is 6.21. The summed E-state index contributed by atoms with van der Waals surface area (Å²) in [6.07, 6.45) is 0. The van der Waals surface area contributed by atoms with Crippen molar-refractivity contribution >= 4 is 18.3 Å². The van der Waals surface area contributed by atoms with E-state index in [0.29, 0.717) is 12.4 Å². The van der Waals surface area contributed by atoms with Gasteiger partial charge in [-0.05, 0) is 19.1 Å². The van der Waals surface area contributed by atoms with Crippen LogP contribution in [0.3, 0.4) is 0 Å². The molecule has 2 rings (SSSR count). The van der Waals surface area contributed by atoms with Crippen molar-refractivity contribution in [2.45, 2.75) is 25.9 Å². The number of benzene rings is 1. The molecule has 114 valence electrons. The zero-order chi connectivity index (χ0) is 14.6. The predicted octanol–water partition coefficient (Wildman–Crippen LogP) is 0.615. The van der Waals surface area contributed by atoms with Crippen LogP contribution in [0.5, 0.6) is 0 Å². The number of amides is 1. The molecule has 0 saturated carbocycles. The van der Waals surface area contributed by atoms with Crippen molar-refractivity contribution in [3.05, 3.63) is 30.3 Å². The standard InChI is InChI=1S/C13H18N6O.ClH/c1-13(2,14)9-15-11(20)8-19-17-12(16-18-19)10-6-4-3-5-7-10;/h3-7H,8-9,14H2,1-2H3,(H,15,20);1H. The number of carbonyl (C=O) groups excluding carboxylic acids is 1. The van der Waals surface area contributed by atoms with Crippen molar-refractivity contribution in [3.63, 3.8) is 0 Å². The van der Waals surface area contributed by atoms with Crippen LogP contribution in [0.2, 0.25) is 0 Å². The second-order valence-electron chi connectivity index (χ2n) is 5.27. The third-order valence-electron chi connectivity index (χ3n) is 2.51. The Bertz CT molecular complexity index is 578. The van der Waals surface area contributed by atoms with Gasteiger partial charge in [0.2, 0.25) is 11.7 Å². The van der Waals surface area contributed by atoms with Gasteiger partial charge in [-0.1, -0.05) is 30.3 Å². The van der Waals surface area contributed by atoms with Crippen molar-refractivity contribution < 1.29 is 4.79 Å². The van der Waals surface area contributed by atoms with E-state index in [4.69, 9.17) is 5.73 Å². The van der Waals surface area contributed by atoms with Crippen LogP contribution in [-0.4, -0.2) is 38.2 Å². The smallest absolute Gasteiger partial charge is 0.243 e. The minimum absolute atomic E-state index is 0. The number of hydrogen-bond donors (Lipinski definition) is 2. The number of nitrogens with one attached hydrogen (secondary N) is 1. The Hall–Kier alpha value is -1.99. The lowest BCUT2D eigenvalue weighted by Gasteiger charge is -2.18. The Labute approximate surface area is 129 Å². The Balaban J connectivity index is 0.00000220. The summed E-state index contributed by atoms with van der Waals surface area (Å²) in [6.45, 7) is 4.10. The summed E-state index contributed by atoms with van der Waals surface area (Å²) in [5.74, 6) is 0.304. The average Bonchev–Trinajstić information content (AvgIpc) is 2.85. The summed E-state index contributed by atoms with van der Waals surface area (Å²) in [6, 6.07) is 9.48. The molecule has 0 unspecified atom stereocenters. The lowest BCUT2D eigenvalue weighted by molar-refractivity contribution is -0.122. The van der Waals surface area contributed by atoms with E-state index in [-0.39, 0.29) is 24.9 Å². The number of tetrazole rings is 1. The summed E-state index contributed by atoms with van der Waals surface area (Å²) in [4.78, 5) is 13.0. The van der Waals surface area contributed by atoms with Crippen LogP contribution >= 0.6 is 12.4 Å². The fraction of sp³-hybridized carbons (Fsp3) is 0.385. The second-order valence-corrected chi connectivity index (χ2v) is 5.27. The van der Waals surface area contributed by atoms with E-state index in [1.165, 1.54) is 4.80 Å². The van der Waals surface area contributed by atoms with E-state index >= 15 is 0 Å². The first-order valence-corrected chi connectivity index (χ1v) is 6.33. The van der Waals surface area contributed by atoms with Crippen LogP contribution in [0.25, 0.3) is 11.4 Å². The Morgan fingerprint density at radius 3 is 2.62 bits per heavy atom. The molecular formula is C13H19ClN6O. The van der Waals surface area contributed by atoms with E-state index < -0.39 is 5.54 Å². The molecule has 7 nitrogen and oxygen atoms in total. The van der Waals surface area contributed by atoms with E-state index in [1.807, 2.05) is 44.2 Å². The van der Waals surface area contributed by atoms with Gasteiger partial charge < -0.3 is 11.1 Å².